The van der Waals surface area contributed by atoms with E-state index in [1.807, 2.05) is 42.5 Å². The molecule has 0 fully saturated rings. The van der Waals surface area contributed by atoms with Crippen LogP contribution in [0.1, 0.15) is 35.5 Å². The Hall–Kier alpha value is -4.89. The van der Waals surface area contributed by atoms with Gasteiger partial charge in [-0.1, -0.05) is 30.3 Å². The van der Waals surface area contributed by atoms with Gasteiger partial charge in [0.05, 0.1) is 23.9 Å². The molecule has 5 aromatic rings. The number of aliphatic hydroxyl groups is 1. The van der Waals surface area contributed by atoms with Crippen LogP contribution in [0.15, 0.2) is 83.8 Å². The lowest BCUT2D eigenvalue weighted by molar-refractivity contribution is 0.0276. The summed E-state index contributed by atoms with van der Waals surface area (Å²) in [5.74, 6) is 1.85. The van der Waals surface area contributed by atoms with Crippen LogP contribution in [0.4, 0.5) is 0 Å². The van der Waals surface area contributed by atoms with Crippen molar-refractivity contribution in [2.24, 2.45) is 7.05 Å². The number of rotatable bonds is 10. The maximum absolute atomic E-state index is 13.3. The summed E-state index contributed by atoms with van der Waals surface area (Å²) in [4.78, 5) is 30.9. The third-order valence-corrected chi connectivity index (χ3v) is 6.92. The summed E-state index contributed by atoms with van der Waals surface area (Å²) in [6.07, 6.45) is 1.72. The lowest BCUT2D eigenvalue weighted by Gasteiger charge is -2.19. The van der Waals surface area contributed by atoms with Crippen molar-refractivity contribution in [1.82, 2.24) is 14.3 Å². The molecule has 0 amide bonds. The molecule has 0 aliphatic rings. The molecule has 0 saturated carbocycles. The predicted octanol–water partition coefficient (Wildman–Crippen LogP) is 5.41. The van der Waals surface area contributed by atoms with E-state index in [-0.39, 0.29) is 29.9 Å². The van der Waals surface area contributed by atoms with Gasteiger partial charge in [0.1, 0.15) is 23.7 Å². The third kappa shape index (κ3) is 5.91. The molecule has 0 bridgehead atoms. The van der Waals surface area contributed by atoms with Crippen molar-refractivity contribution in [2.45, 2.75) is 32.8 Å². The second kappa shape index (κ2) is 11.5. The number of hydrogen-bond donors (Lipinski definition) is 1. The van der Waals surface area contributed by atoms with Crippen LogP contribution in [-0.2, 0) is 13.5 Å². The number of fused-ring (bicyclic) bond motifs is 1. The lowest BCUT2D eigenvalue weighted by Crippen LogP contribution is -2.27. The van der Waals surface area contributed by atoms with Gasteiger partial charge >= 0.3 is 0 Å². The van der Waals surface area contributed by atoms with Crippen molar-refractivity contribution in [3.63, 3.8) is 0 Å². The lowest BCUT2D eigenvalue weighted by atomic mass is 10.0. The summed E-state index contributed by atoms with van der Waals surface area (Å²) in [6.45, 7) is 5.20. The number of carbonyl (C=O) groups excluding carboxylic acids is 1. The Morgan fingerprint density at radius 3 is 2.36 bits per heavy atom. The highest BCUT2D eigenvalue weighted by molar-refractivity contribution is 5.98. The summed E-state index contributed by atoms with van der Waals surface area (Å²) in [5, 5.41) is 10.8. The predicted molar refractivity (Wildman–Crippen MR) is 160 cm³/mol. The number of benzene rings is 3. The molecule has 9 nitrogen and oxygen atoms in total. The number of Topliss-reactive ketones (excluding diaryl/α,β-unsaturated/α-hetero) is 1. The van der Waals surface area contributed by atoms with E-state index in [0.29, 0.717) is 39.9 Å². The first kappa shape index (κ1) is 28.6. The molecule has 9 heteroatoms. The Morgan fingerprint density at radius 1 is 0.976 bits per heavy atom. The van der Waals surface area contributed by atoms with E-state index >= 15 is 0 Å². The summed E-state index contributed by atoms with van der Waals surface area (Å²) >= 11 is 0. The quantitative estimate of drug-likeness (QED) is 0.225. The van der Waals surface area contributed by atoms with Gasteiger partial charge in [-0.05, 0) is 62.7 Å². The zero-order valence-electron chi connectivity index (χ0n) is 24.2. The second-order valence-electron chi connectivity index (χ2n) is 10.7. The molecule has 0 atom stereocenters. The van der Waals surface area contributed by atoms with E-state index in [2.05, 4.69) is 4.98 Å². The van der Waals surface area contributed by atoms with E-state index < -0.39 is 5.60 Å². The van der Waals surface area contributed by atoms with E-state index in [0.717, 1.165) is 10.9 Å². The van der Waals surface area contributed by atoms with Crippen molar-refractivity contribution in [2.75, 3.05) is 13.7 Å². The number of hydrogen-bond acceptors (Lipinski definition) is 7. The fraction of sp³-hybridized carbons (Fsp3) is 0.242. The van der Waals surface area contributed by atoms with Gasteiger partial charge < -0.3 is 19.3 Å². The monoisotopic (exact) mass is 567 g/mol. The molecule has 5 rings (SSSR count). The largest absolute Gasteiger partial charge is 0.493 e. The molecular formula is C33H33N3O6. The van der Waals surface area contributed by atoms with Crippen LogP contribution in [-0.4, -0.2) is 44.6 Å². The topological polar surface area (TPSA) is 105 Å². The van der Waals surface area contributed by atoms with Gasteiger partial charge in [-0.25, -0.2) is 4.68 Å². The highest BCUT2D eigenvalue weighted by Crippen LogP contribution is 2.37. The standard InChI is InChI=1S/C33H33N3O6/c1-21-31(32(38)36(35(21)4)23-9-7-6-8-10-23)27(37)17-22-11-13-24(14-12-22)42-28-15-16-34-26-19-30(41-20-33(2,3)39)29(40-5)18-25(26)28/h6-16,18-19,39H,17,20H2,1-5H3. The first-order valence-corrected chi connectivity index (χ1v) is 13.5. The molecule has 2 aromatic heterocycles. The van der Waals surface area contributed by atoms with E-state index in [1.165, 1.54) is 4.68 Å². The number of ketones is 1. The fourth-order valence-corrected chi connectivity index (χ4v) is 4.71. The number of carbonyl (C=O) groups is 1. The highest BCUT2D eigenvalue weighted by atomic mass is 16.5. The van der Waals surface area contributed by atoms with Gasteiger partial charge in [0, 0.05) is 36.8 Å². The fourth-order valence-electron chi connectivity index (χ4n) is 4.71. The Balaban J connectivity index is 1.35. The summed E-state index contributed by atoms with van der Waals surface area (Å²) < 4.78 is 20.7. The molecular weight excluding hydrogens is 534 g/mol. The summed E-state index contributed by atoms with van der Waals surface area (Å²) in [7, 11) is 3.32. The number of pyridine rings is 1. The SMILES string of the molecule is COc1cc2c(Oc3ccc(CC(=O)c4c(C)n(C)n(-c5ccccc5)c4=O)cc3)ccnc2cc1OCC(C)(C)O. The van der Waals surface area contributed by atoms with Gasteiger partial charge in [-0.2, -0.15) is 0 Å². The zero-order valence-corrected chi connectivity index (χ0v) is 24.2. The minimum Gasteiger partial charge on any atom is -0.493 e. The maximum Gasteiger partial charge on any atom is 0.282 e. The van der Waals surface area contributed by atoms with Crippen LogP contribution >= 0.6 is 0 Å². The third-order valence-electron chi connectivity index (χ3n) is 6.92. The molecule has 3 aromatic carbocycles. The average Bonchev–Trinajstić information content (AvgIpc) is 3.19. The zero-order chi connectivity index (χ0) is 30.0. The molecule has 0 saturated heterocycles. The Kier molecular flexibility index (Phi) is 7.87. The smallest absolute Gasteiger partial charge is 0.282 e. The van der Waals surface area contributed by atoms with Crippen LogP contribution in [0, 0.1) is 6.92 Å². The van der Waals surface area contributed by atoms with Gasteiger partial charge in [0.15, 0.2) is 17.3 Å². The minimum absolute atomic E-state index is 0.0813. The van der Waals surface area contributed by atoms with E-state index in [4.69, 9.17) is 14.2 Å². The van der Waals surface area contributed by atoms with E-state index in [9.17, 15) is 14.7 Å². The van der Waals surface area contributed by atoms with Crippen LogP contribution in [0.3, 0.4) is 0 Å². The molecule has 42 heavy (non-hydrogen) atoms. The highest BCUT2D eigenvalue weighted by Gasteiger charge is 2.22. The Morgan fingerprint density at radius 2 is 1.69 bits per heavy atom. The minimum atomic E-state index is -1.00. The molecule has 0 radical (unpaired) electrons. The summed E-state index contributed by atoms with van der Waals surface area (Å²) in [6, 6.07) is 21.7. The molecule has 0 aliphatic heterocycles. The molecule has 0 aliphatic carbocycles. The van der Waals surface area contributed by atoms with E-state index in [1.54, 1.807) is 76.1 Å². The van der Waals surface area contributed by atoms with Crippen molar-refractivity contribution in [3.8, 4) is 28.7 Å². The van der Waals surface area contributed by atoms with Crippen LogP contribution in [0.5, 0.6) is 23.0 Å². The maximum atomic E-state index is 13.3. The molecule has 0 spiro atoms. The van der Waals surface area contributed by atoms with Gasteiger partial charge in [0.25, 0.3) is 5.56 Å². The van der Waals surface area contributed by atoms with Crippen LogP contribution in [0.2, 0.25) is 0 Å². The van der Waals surface area contributed by atoms with Crippen molar-refractivity contribution < 1.29 is 24.1 Å². The molecule has 216 valence electrons. The number of methoxy groups -OCH3 is 1. The van der Waals surface area contributed by atoms with Crippen LogP contribution in [0.25, 0.3) is 16.6 Å². The number of aromatic nitrogens is 3. The molecule has 0 unspecified atom stereocenters. The van der Waals surface area contributed by atoms with Gasteiger partial charge in [0.2, 0.25) is 0 Å². The Bertz CT molecular complexity index is 1800. The van der Waals surface area contributed by atoms with Crippen molar-refractivity contribution >= 4 is 16.7 Å². The van der Waals surface area contributed by atoms with Gasteiger partial charge in [-0.15, -0.1) is 0 Å². The Labute approximate surface area is 243 Å². The van der Waals surface area contributed by atoms with Gasteiger partial charge in [-0.3, -0.25) is 19.3 Å². The first-order valence-electron chi connectivity index (χ1n) is 13.5. The summed E-state index contributed by atoms with van der Waals surface area (Å²) in [5.41, 5.74) is 1.56. The molecule has 2 heterocycles. The number of para-hydroxylation sites is 1. The van der Waals surface area contributed by atoms with Crippen LogP contribution < -0.4 is 19.8 Å². The second-order valence-corrected chi connectivity index (χ2v) is 10.7. The average molecular weight is 568 g/mol. The number of ether oxygens (including phenoxy) is 3. The number of nitrogens with zero attached hydrogens (tertiary/aromatic N) is 3. The normalized spacial score (nSPS) is 11.5. The molecule has 1 N–H and O–H groups in total. The van der Waals surface area contributed by atoms with Crippen molar-refractivity contribution in [1.29, 1.82) is 0 Å². The first-order chi connectivity index (χ1) is 20.1. The van der Waals surface area contributed by atoms with Crippen molar-refractivity contribution in [3.05, 3.63) is 106 Å².